The number of amides is 1. The zero-order valence-electron chi connectivity index (χ0n) is 15.0. The molecule has 26 heavy (non-hydrogen) atoms. The van der Waals surface area contributed by atoms with E-state index in [1.807, 2.05) is 50.2 Å². The number of nitrogens with one attached hydrogen (secondary N) is 1. The molecule has 0 aliphatic rings. The average molecular weight is 350 g/mol. The lowest BCUT2D eigenvalue weighted by atomic mass is 10.1. The summed E-state index contributed by atoms with van der Waals surface area (Å²) in [5.41, 5.74) is 1.20. The third-order valence-corrected chi connectivity index (χ3v) is 3.48. The lowest BCUT2D eigenvalue weighted by molar-refractivity contribution is -0.112. The quantitative estimate of drug-likeness (QED) is 0.565. The van der Waals surface area contributed by atoms with E-state index in [0.29, 0.717) is 36.0 Å². The van der Waals surface area contributed by atoms with Gasteiger partial charge in [-0.1, -0.05) is 37.3 Å². The highest BCUT2D eigenvalue weighted by molar-refractivity contribution is 6.10. The standard InChI is InChI=1S/C21H22N2O3/c1-3-13-26-19-11-7-5-9-16(19)14-17(15-22)21(24)23-18-10-6-8-12-20(18)25-4-2/h5-12,14H,3-4,13H2,1-2H3,(H,23,24)/b17-14+. The van der Waals surface area contributed by atoms with Crippen LogP contribution in [0.3, 0.4) is 0 Å². The van der Waals surface area contributed by atoms with Crippen molar-refractivity contribution >= 4 is 17.7 Å². The second kappa shape index (κ2) is 9.90. The molecule has 2 aromatic carbocycles. The minimum atomic E-state index is -0.495. The average Bonchev–Trinajstić information content (AvgIpc) is 2.66. The van der Waals surface area contributed by atoms with Crippen molar-refractivity contribution < 1.29 is 14.3 Å². The Balaban J connectivity index is 2.25. The van der Waals surface area contributed by atoms with Crippen LogP contribution in [0.15, 0.2) is 54.1 Å². The Kier molecular flexibility index (Phi) is 7.26. The second-order valence-electron chi connectivity index (χ2n) is 5.44. The van der Waals surface area contributed by atoms with Crippen molar-refractivity contribution in [2.75, 3.05) is 18.5 Å². The predicted molar refractivity (Wildman–Crippen MR) is 102 cm³/mol. The van der Waals surface area contributed by atoms with Crippen LogP contribution in [0.2, 0.25) is 0 Å². The summed E-state index contributed by atoms with van der Waals surface area (Å²) in [7, 11) is 0. The Morgan fingerprint density at radius 2 is 1.77 bits per heavy atom. The first kappa shape index (κ1) is 19.1. The van der Waals surface area contributed by atoms with Crippen molar-refractivity contribution in [3.63, 3.8) is 0 Å². The SMILES string of the molecule is CCCOc1ccccc1/C=C(\C#N)C(=O)Nc1ccccc1OCC. The Labute approximate surface area is 153 Å². The van der Waals surface area contributed by atoms with Crippen LogP contribution >= 0.6 is 0 Å². The van der Waals surface area contributed by atoms with E-state index in [2.05, 4.69) is 5.32 Å². The molecule has 0 bridgehead atoms. The molecule has 0 heterocycles. The van der Waals surface area contributed by atoms with Gasteiger partial charge in [0, 0.05) is 5.56 Å². The Bertz CT molecular complexity index is 822. The summed E-state index contributed by atoms with van der Waals surface area (Å²) in [5, 5.41) is 12.2. The number of nitrogens with zero attached hydrogens (tertiary/aromatic N) is 1. The molecule has 1 amide bonds. The molecule has 0 aliphatic carbocycles. The normalized spacial score (nSPS) is 10.7. The molecule has 2 aromatic rings. The zero-order valence-corrected chi connectivity index (χ0v) is 15.0. The molecular weight excluding hydrogens is 328 g/mol. The number of rotatable bonds is 8. The summed E-state index contributed by atoms with van der Waals surface area (Å²) < 4.78 is 11.2. The number of benzene rings is 2. The van der Waals surface area contributed by atoms with Crippen LogP contribution < -0.4 is 14.8 Å². The number of anilines is 1. The molecule has 0 aromatic heterocycles. The van der Waals surface area contributed by atoms with E-state index in [4.69, 9.17) is 9.47 Å². The molecule has 0 spiro atoms. The maximum atomic E-state index is 12.5. The summed E-state index contributed by atoms with van der Waals surface area (Å²) in [5.74, 6) is 0.710. The summed E-state index contributed by atoms with van der Waals surface area (Å²) in [6.45, 7) is 4.94. The van der Waals surface area contributed by atoms with Gasteiger partial charge >= 0.3 is 0 Å². The highest BCUT2D eigenvalue weighted by Gasteiger charge is 2.13. The molecule has 134 valence electrons. The molecular formula is C21H22N2O3. The van der Waals surface area contributed by atoms with Crippen molar-refractivity contribution in [2.24, 2.45) is 0 Å². The van der Waals surface area contributed by atoms with Gasteiger partial charge in [0.2, 0.25) is 0 Å². The van der Waals surface area contributed by atoms with E-state index in [1.165, 1.54) is 6.08 Å². The molecule has 2 rings (SSSR count). The minimum Gasteiger partial charge on any atom is -0.493 e. The fourth-order valence-corrected chi connectivity index (χ4v) is 2.29. The summed E-state index contributed by atoms with van der Waals surface area (Å²) >= 11 is 0. The molecule has 0 saturated carbocycles. The summed E-state index contributed by atoms with van der Waals surface area (Å²) in [6.07, 6.45) is 2.40. The largest absolute Gasteiger partial charge is 0.493 e. The zero-order chi connectivity index (χ0) is 18.8. The maximum absolute atomic E-state index is 12.5. The van der Waals surface area contributed by atoms with E-state index >= 15 is 0 Å². The number of carbonyl (C=O) groups excluding carboxylic acids is 1. The van der Waals surface area contributed by atoms with Crippen LogP contribution in [0.1, 0.15) is 25.8 Å². The molecule has 0 saturated heterocycles. The fraction of sp³-hybridized carbons (Fsp3) is 0.238. The maximum Gasteiger partial charge on any atom is 0.266 e. The van der Waals surface area contributed by atoms with Crippen LogP contribution in [0.5, 0.6) is 11.5 Å². The Morgan fingerprint density at radius 1 is 1.08 bits per heavy atom. The number of para-hydroxylation sites is 3. The summed E-state index contributed by atoms with van der Waals surface area (Å²) in [4.78, 5) is 12.5. The molecule has 5 heteroatoms. The van der Waals surface area contributed by atoms with Crippen molar-refractivity contribution in [1.82, 2.24) is 0 Å². The van der Waals surface area contributed by atoms with Crippen molar-refractivity contribution in [3.05, 3.63) is 59.7 Å². The fourth-order valence-electron chi connectivity index (χ4n) is 2.29. The van der Waals surface area contributed by atoms with Gasteiger partial charge in [0.1, 0.15) is 23.1 Å². The topological polar surface area (TPSA) is 71.3 Å². The van der Waals surface area contributed by atoms with E-state index < -0.39 is 5.91 Å². The predicted octanol–water partition coefficient (Wildman–Crippen LogP) is 4.42. The molecule has 0 atom stereocenters. The van der Waals surface area contributed by atoms with Crippen molar-refractivity contribution in [3.8, 4) is 17.6 Å². The molecule has 0 fully saturated rings. The first-order valence-corrected chi connectivity index (χ1v) is 8.56. The second-order valence-corrected chi connectivity index (χ2v) is 5.44. The van der Waals surface area contributed by atoms with Gasteiger partial charge in [-0.2, -0.15) is 5.26 Å². The smallest absolute Gasteiger partial charge is 0.266 e. The molecule has 1 N–H and O–H groups in total. The number of hydrogen-bond donors (Lipinski definition) is 1. The molecule has 0 aliphatic heterocycles. The van der Waals surface area contributed by atoms with Gasteiger partial charge in [-0.3, -0.25) is 4.79 Å². The number of carbonyl (C=O) groups is 1. The van der Waals surface area contributed by atoms with Gasteiger partial charge in [0.05, 0.1) is 18.9 Å². The minimum absolute atomic E-state index is 0.0103. The van der Waals surface area contributed by atoms with Crippen LogP contribution in [-0.2, 0) is 4.79 Å². The molecule has 0 radical (unpaired) electrons. The van der Waals surface area contributed by atoms with Gasteiger partial charge in [-0.25, -0.2) is 0 Å². The first-order valence-electron chi connectivity index (χ1n) is 8.56. The Hall–Kier alpha value is -3.26. The lowest BCUT2D eigenvalue weighted by Crippen LogP contribution is -2.14. The van der Waals surface area contributed by atoms with E-state index in [9.17, 15) is 10.1 Å². The van der Waals surface area contributed by atoms with Gasteiger partial charge in [-0.15, -0.1) is 0 Å². The van der Waals surface area contributed by atoms with Crippen LogP contribution in [-0.4, -0.2) is 19.1 Å². The monoisotopic (exact) mass is 350 g/mol. The van der Waals surface area contributed by atoms with Gasteiger partial charge < -0.3 is 14.8 Å². The van der Waals surface area contributed by atoms with Crippen molar-refractivity contribution in [2.45, 2.75) is 20.3 Å². The lowest BCUT2D eigenvalue weighted by Gasteiger charge is -2.11. The van der Waals surface area contributed by atoms with Gasteiger partial charge in [-0.05, 0) is 37.6 Å². The van der Waals surface area contributed by atoms with E-state index in [1.54, 1.807) is 18.2 Å². The number of hydrogen-bond acceptors (Lipinski definition) is 4. The van der Waals surface area contributed by atoms with Gasteiger partial charge in [0.15, 0.2) is 0 Å². The highest BCUT2D eigenvalue weighted by Crippen LogP contribution is 2.25. The number of ether oxygens (including phenoxy) is 2. The third kappa shape index (κ3) is 5.12. The Morgan fingerprint density at radius 3 is 2.46 bits per heavy atom. The van der Waals surface area contributed by atoms with E-state index in [-0.39, 0.29) is 5.57 Å². The molecule has 0 unspecified atom stereocenters. The van der Waals surface area contributed by atoms with Gasteiger partial charge in [0.25, 0.3) is 5.91 Å². The highest BCUT2D eigenvalue weighted by atomic mass is 16.5. The van der Waals surface area contributed by atoms with Crippen LogP contribution in [0, 0.1) is 11.3 Å². The third-order valence-electron chi connectivity index (χ3n) is 3.48. The molecule has 5 nitrogen and oxygen atoms in total. The van der Waals surface area contributed by atoms with Crippen molar-refractivity contribution in [1.29, 1.82) is 5.26 Å². The first-order chi connectivity index (χ1) is 12.7. The summed E-state index contributed by atoms with van der Waals surface area (Å²) in [6, 6.07) is 16.4. The van der Waals surface area contributed by atoms with Crippen LogP contribution in [0.4, 0.5) is 5.69 Å². The number of nitriles is 1. The van der Waals surface area contributed by atoms with Crippen LogP contribution in [0.25, 0.3) is 6.08 Å². The van der Waals surface area contributed by atoms with E-state index in [0.717, 1.165) is 6.42 Å².